The third kappa shape index (κ3) is 8.69. The molecule has 10 heteroatoms. The second kappa shape index (κ2) is 15.5. The zero-order valence-electron chi connectivity index (χ0n) is 24.7. The van der Waals surface area contributed by atoms with E-state index in [1.54, 1.807) is 26.2 Å². The molecule has 0 saturated carbocycles. The van der Waals surface area contributed by atoms with Crippen molar-refractivity contribution in [2.24, 2.45) is 11.8 Å². The number of nitrogens with zero attached hydrogens (tertiary/aromatic N) is 3. The summed E-state index contributed by atoms with van der Waals surface area (Å²) in [5.41, 5.74) is 2.02. The van der Waals surface area contributed by atoms with Crippen LogP contribution in [0.25, 0.3) is 11.3 Å². The number of hydrogen-bond acceptors (Lipinski definition) is 8. The Morgan fingerprint density at radius 1 is 1.10 bits per heavy atom. The molecule has 1 amide bonds. The second-order valence-corrected chi connectivity index (χ2v) is 10.2. The lowest BCUT2D eigenvalue weighted by atomic mass is 9.99. The molecule has 2 aromatic rings. The molecule has 0 aliphatic heterocycles. The van der Waals surface area contributed by atoms with Crippen LogP contribution in [0.3, 0.4) is 0 Å². The summed E-state index contributed by atoms with van der Waals surface area (Å²) in [6.07, 6.45) is 1.71. The summed E-state index contributed by atoms with van der Waals surface area (Å²) in [7, 11) is 6.29. The Balaban J connectivity index is 2.46. The van der Waals surface area contributed by atoms with Gasteiger partial charge in [0.2, 0.25) is 5.91 Å². The van der Waals surface area contributed by atoms with E-state index in [4.69, 9.17) is 14.6 Å². The normalized spacial score (nSPS) is 13.0. The van der Waals surface area contributed by atoms with Crippen LogP contribution in [-0.2, 0) is 20.9 Å². The Bertz CT molecular complexity index is 1040. The number of aromatic nitrogens is 2. The van der Waals surface area contributed by atoms with Gasteiger partial charge in [-0.1, -0.05) is 46.6 Å². The van der Waals surface area contributed by atoms with E-state index in [2.05, 4.69) is 37.7 Å². The van der Waals surface area contributed by atoms with Crippen molar-refractivity contribution in [3.05, 3.63) is 30.0 Å². The van der Waals surface area contributed by atoms with Gasteiger partial charge in [-0.3, -0.25) is 19.2 Å². The van der Waals surface area contributed by atoms with E-state index < -0.39 is 12.2 Å². The van der Waals surface area contributed by atoms with Gasteiger partial charge in [0.15, 0.2) is 6.23 Å². The fraction of sp³-hybridized carbons (Fsp3) is 0.621. The summed E-state index contributed by atoms with van der Waals surface area (Å²) in [6, 6.07) is 7.20. The van der Waals surface area contributed by atoms with E-state index in [1.165, 1.54) is 7.11 Å². The average molecular weight is 547 g/mol. The van der Waals surface area contributed by atoms with Crippen LogP contribution in [0.2, 0.25) is 0 Å². The van der Waals surface area contributed by atoms with Gasteiger partial charge in [0.1, 0.15) is 23.7 Å². The lowest BCUT2D eigenvalue weighted by Crippen LogP contribution is -2.41. The van der Waals surface area contributed by atoms with Gasteiger partial charge >= 0.3 is 5.97 Å². The number of amides is 1. The van der Waals surface area contributed by atoms with E-state index in [0.29, 0.717) is 36.1 Å². The average Bonchev–Trinajstić information content (AvgIpc) is 3.35. The van der Waals surface area contributed by atoms with Crippen LogP contribution in [0.1, 0.15) is 65.3 Å². The monoisotopic (exact) mass is 546 g/mol. The molecule has 0 aliphatic carbocycles. The maximum absolute atomic E-state index is 12.6. The van der Waals surface area contributed by atoms with Gasteiger partial charge in [0, 0.05) is 19.0 Å². The van der Waals surface area contributed by atoms with Crippen molar-refractivity contribution in [3.63, 3.8) is 0 Å². The van der Waals surface area contributed by atoms with Crippen LogP contribution in [0.4, 0.5) is 0 Å². The van der Waals surface area contributed by atoms with Gasteiger partial charge in [-0.15, -0.1) is 0 Å². The smallest absolute Gasteiger partial charge is 0.325 e. The topological polar surface area (TPSA) is 115 Å². The molecule has 1 unspecified atom stereocenters. The molecule has 218 valence electrons. The Morgan fingerprint density at radius 3 is 2.23 bits per heavy atom. The van der Waals surface area contributed by atoms with Crippen molar-refractivity contribution in [3.8, 4) is 22.8 Å². The molecular weight excluding hydrogens is 500 g/mol. The number of benzene rings is 1. The summed E-state index contributed by atoms with van der Waals surface area (Å²) in [5.74, 6) is 1.17. The Kier molecular flexibility index (Phi) is 12.7. The van der Waals surface area contributed by atoms with Gasteiger partial charge in [-0.05, 0) is 43.5 Å². The number of ether oxygens (including phenoxy) is 3. The van der Waals surface area contributed by atoms with Gasteiger partial charge in [-0.25, -0.2) is 0 Å². The standard InChI is InChI=1S/C29H46N4O6/c1-9-20(10-2)18-33-23(28-24(37-6)12-11-13-25(28)38-7)16-22(31-33)29(36)32(5)21(14-19(3)4)15-26(34)30-17-27(35)39-8/h11-13,16,19-21,29,36H,9-10,14-15,17-18H2,1-8H3,(H,30,34)/t21-,29?/m0/s1. The lowest BCUT2D eigenvalue weighted by Gasteiger charge is -2.32. The third-order valence-electron chi connectivity index (χ3n) is 7.12. The summed E-state index contributed by atoms with van der Waals surface area (Å²) < 4.78 is 17.9. The molecule has 39 heavy (non-hydrogen) atoms. The highest BCUT2D eigenvalue weighted by atomic mass is 16.5. The van der Waals surface area contributed by atoms with Crippen LogP contribution in [0.15, 0.2) is 24.3 Å². The minimum Gasteiger partial charge on any atom is -0.496 e. The molecule has 0 fully saturated rings. The summed E-state index contributed by atoms with van der Waals surface area (Å²) in [6.45, 7) is 8.93. The van der Waals surface area contributed by atoms with Crippen molar-refractivity contribution in [1.29, 1.82) is 0 Å². The SMILES string of the molecule is CCC(CC)Cn1nc(C(O)N(C)[C@H](CC(=O)NCC(=O)OC)CC(C)C)cc1-c1c(OC)cccc1OC. The fourth-order valence-corrected chi connectivity index (χ4v) is 4.67. The number of aliphatic hydroxyl groups is 1. The van der Waals surface area contributed by atoms with Crippen molar-refractivity contribution < 1.29 is 28.9 Å². The molecular formula is C29H46N4O6. The first-order chi connectivity index (χ1) is 18.6. The Morgan fingerprint density at radius 2 is 1.72 bits per heavy atom. The number of nitrogens with one attached hydrogen (secondary N) is 1. The molecule has 1 heterocycles. The molecule has 2 rings (SSSR count). The second-order valence-electron chi connectivity index (χ2n) is 10.2. The Labute approximate surface area is 232 Å². The molecule has 0 spiro atoms. The molecule has 0 radical (unpaired) electrons. The minimum absolute atomic E-state index is 0.115. The van der Waals surface area contributed by atoms with Crippen LogP contribution < -0.4 is 14.8 Å². The zero-order valence-corrected chi connectivity index (χ0v) is 24.7. The summed E-state index contributed by atoms with van der Waals surface area (Å²) in [4.78, 5) is 25.8. The van der Waals surface area contributed by atoms with Crippen LogP contribution in [-0.4, -0.2) is 72.6 Å². The van der Waals surface area contributed by atoms with Gasteiger partial charge in [0.05, 0.1) is 32.6 Å². The molecule has 1 aromatic heterocycles. The van der Waals surface area contributed by atoms with Gasteiger partial charge in [0.25, 0.3) is 0 Å². The molecule has 1 aromatic carbocycles. The fourth-order valence-electron chi connectivity index (χ4n) is 4.67. The number of hydrogen-bond donors (Lipinski definition) is 2. The predicted octanol–water partition coefficient (Wildman–Crippen LogP) is 4.02. The van der Waals surface area contributed by atoms with E-state index in [-0.39, 0.29) is 30.8 Å². The first-order valence-electron chi connectivity index (χ1n) is 13.6. The van der Waals surface area contributed by atoms with Crippen LogP contribution >= 0.6 is 0 Å². The maximum atomic E-state index is 12.6. The quantitative estimate of drug-likeness (QED) is 0.240. The minimum atomic E-state index is -1.07. The maximum Gasteiger partial charge on any atom is 0.325 e. The van der Waals surface area contributed by atoms with E-state index >= 15 is 0 Å². The molecule has 0 bridgehead atoms. The molecule has 10 nitrogen and oxygen atoms in total. The van der Waals surface area contributed by atoms with Gasteiger partial charge < -0.3 is 24.6 Å². The number of esters is 1. The summed E-state index contributed by atoms with van der Waals surface area (Å²) in [5, 5.41) is 19.0. The van der Waals surface area contributed by atoms with E-state index in [9.17, 15) is 14.7 Å². The third-order valence-corrected chi connectivity index (χ3v) is 7.12. The van der Waals surface area contributed by atoms with E-state index in [1.807, 2.05) is 28.9 Å². The predicted molar refractivity (Wildman–Crippen MR) is 150 cm³/mol. The highest BCUT2D eigenvalue weighted by molar-refractivity contribution is 5.82. The van der Waals surface area contributed by atoms with Crippen molar-refractivity contribution in [2.45, 2.75) is 72.2 Å². The summed E-state index contributed by atoms with van der Waals surface area (Å²) >= 11 is 0. The molecule has 2 atom stereocenters. The zero-order chi connectivity index (χ0) is 29.1. The molecule has 0 aliphatic rings. The first-order valence-corrected chi connectivity index (χ1v) is 13.6. The first kappa shape index (κ1) is 32.1. The molecule has 2 N–H and O–H groups in total. The number of methoxy groups -OCH3 is 3. The van der Waals surface area contributed by atoms with Crippen molar-refractivity contribution in [2.75, 3.05) is 34.9 Å². The number of carbonyl (C=O) groups excluding carboxylic acids is 2. The van der Waals surface area contributed by atoms with Crippen molar-refractivity contribution >= 4 is 11.9 Å². The van der Waals surface area contributed by atoms with Crippen LogP contribution in [0, 0.1) is 11.8 Å². The molecule has 0 saturated heterocycles. The lowest BCUT2D eigenvalue weighted by molar-refractivity contribution is -0.141. The Hall–Kier alpha value is -3.11. The number of rotatable bonds is 16. The van der Waals surface area contributed by atoms with Crippen molar-refractivity contribution in [1.82, 2.24) is 20.0 Å². The highest BCUT2D eigenvalue weighted by Crippen LogP contribution is 2.40. The van der Waals surface area contributed by atoms with Crippen LogP contribution in [0.5, 0.6) is 11.5 Å². The van der Waals surface area contributed by atoms with E-state index in [0.717, 1.165) is 24.1 Å². The van der Waals surface area contributed by atoms with Gasteiger partial charge in [-0.2, -0.15) is 5.10 Å². The number of aliphatic hydroxyl groups excluding tert-OH is 1. The number of carbonyl (C=O) groups is 2. The largest absolute Gasteiger partial charge is 0.496 e. The highest BCUT2D eigenvalue weighted by Gasteiger charge is 2.29.